The first kappa shape index (κ1) is 18.4. The average molecular weight is 380 g/mol. The zero-order valence-electron chi connectivity index (χ0n) is 16.0. The molecule has 1 aromatic carbocycles. The van der Waals surface area contributed by atoms with Gasteiger partial charge in [-0.25, -0.2) is 19.4 Å². The van der Waals surface area contributed by atoms with Crippen molar-refractivity contribution in [2.75, 3.05) is 18.1 Å². The van der Waals surface area contributed by atoms with Crippen LogP contribution in [-0.2, 0) is 4.74 Å². The molecule has 2 aliphatic rings. The molecule has 0 amide bonds. The largest absolute Gasteiger partial charge is 0.488 e. The Balaban J connectivity index is 1.66. The first-order valence-electron chi connectivity index (χ1n) is 9.21. The van der Waals surface area contributed by atoms with Gasteiger partial charge in [-0.05, 0) is 26.8 Å². The standard InChI is InChI=1S/C21H21FN4O2/c1-5-14-10-27-9-13(4)26(14)20-8-18(23-11-24-20)21-15-6-19(28-12(2)3)16(22)7-17(15)25-21/h1,6-8,11-14H,9-10H2,2-4H3. The number of hydrogen-bond acceptors (Lipinski definition) is 6. The van der Waals surface area contributed by atoms with E-state index >= 15 is 0 Å². The van der Waals surface area contributed by atoms with Crippen molar-refractivity contribution < 1.29 is 13.9 Å². The van der Waals surface area contributed by atoms with Gasteiger partial charge in [0.1, 0.15) is 18.2 Å². The Hall–Kier alpha value is -2.98. The molecule has 0 N–H and O–H groups in total. The zero-order chi connectivity index (χ0) is 19.8. The highest BCUT2D eigenvalue weighted by molar-refractivity contribution is 6.21. The molecule has 0 spiro atoms. The van der Waals surface area contributed by atoms with Crippen LogP contribution in [0.2, 0.25) is 0 Å². The number of morpholine rings is 1. The molecule has 4 rings (SSSR count). The van der Waals surface area contributed by atoms with Gasteiger partial charge in [0.05, 0.1) is 42.5 Å². The van der Waals surface area contributed by atoms with Gasteiger partial charge >= 0.3 is 0 Å². The van der Waals surface area contributed by atoms with Crippen molar-refractivity contribution in [2.45, 2.75) is 39.0 Å². The first-order chi connectivity index (χ1) is 13.5. The maximum absolute atomic E-state index is 14.1. The number of rotatable bonds is 4. The van der Waals surface area contributed by atoms with Crippen LogP contribution in [0.4, 0.5) is 15.9 Å². The Morgan fingerprint density at radius 1 is 1.29 bits per heavy atom. The third-order valence-electron chi connectivity index (χ3n) is 4.70. The van der Waals surface area contributed by atoms with Gasteiger partial charge in [-0.3, -0.25) is 0 Å². The van der Waals surface area contributed by atoms with Gasteiger partial charge in [-0.15, -0.1) is 6.42 Å². The zero-order valence-corrected chi connectivity index (χ0v) is 16.0. The Labute approximate surface area is 163 Å². The summed E-state index contributed by atoms with van der Waals surface area (Å²) in [7, 11) is 0. The number of terminal acetylenes is 1. The summed E-state index contributed by atoms with van der Waals surface area (Å²) >= 11 is 0. The molecule has 2 atom stereocenters. The summed E-state index contributed by atoms with van der Waals surface area (Å²) in [6, 6.07) is 4.82. The molecule has 28 heavy (non-hydrogen) atoms. The van der Waals surface area contributed by atoms with Gasteiger partial charge in [0.25, 0.3) is 0 Å². The van der Waals surface area contributed by atoms with E-state index < -0.39 is 5.82 Å². The maximum Gasteiger partial charge on any atom is 0.167 e. The molecule has 1 aromatic heterocycles. The fourth-order valence-corrected chi connectivity index (χ4v) is 3.44. The molecular weight excluding hydrogens is 359 g/mol. The molecule has 2 aliphatic heterocycles. The number of anilines is 1. The van der Waals surface area contributed by atoms with E-state index in [-0.39, 0.29) is 23.9 Å². The van der Waals surface area contributed by atoms with Crippen molar-refractivity contribution in [3.05, 3.63) is 41.6 Å². The Morgan fingerprint density at radius 3 is 2.86 bits per heavy atom. The second-order valence-electron chi connectivity index (χ2n) is 7.16. The smallest absolute Gasteiger partial charge is 0.167 e. The van der Waals surface area contributed by atoms with Gasteiger partial charge in [0.2, 0.25) is 0 Å². The number of benzene rings is 1. The molecule has 2 unspecified atom stereocenters. The van der Waals surface area contributed by atoms with Crippen LogP contribution in [0.5, 0.6) is 5.75 Å². The van der Waals surface area contributed by atoms with Crippen molar-refractivity contribution >= 4 is 17.2 Å². The molecule has 0 radical (unpaired) electrons. The van der Waals surface area contributed by atoms with E-state index in [1.807, 2.05) is 26.8 Å². The minimum Gasteiger partial charge on any atom is -0.488 e. The van der Waals surface area contributed by atoms with E-state index in [0.717, 1.165) is 11.4 Å². The molecule has 0 aliphatic carbocycles. The number of aromatic nitrogens is 2. The maximum atomic E-state index is 14.1. The van der Waals surface area contributed by atoms with Crippen LogP contribution in [-0.4, -0.2) is 47.1 Å². The topological polar surface area (TPSA) is 59.8 Å². The Bertz CT molecular complexity index is 983. The molecule has 0 saturated carbocycles. The predicted octanol–water partition coefficient (Wildman–Crippen LogP) is 3.11. The number of fused-ring (bicyclic) bond motifs is 1. The van der Waals surface area contributed by atoms with Gasteiger partial charge in [0.15, 0.2) is 11.6 Å². The van der Waals surface area contributed by atoms with Crippen LogP contribution >= 0.6 is 0 Å². The highest BCUT2D eigenvalue weighted by atomic mass is 19.1. The second kappa shape index (κ2) is 7.21. The SMILES string of the molecule is C#CC1COCC(C)N1c1cc(C2=Nc3cc(F)c(OC(C)C)cc32)ncn1. The minimum absolute atomic E-state index is 0.0910. The van der Waals surface area contributed by atoms with Crippen molar-refractivity contribution in [1.29, 1.82) is 0 Å². The number of ether oxygens (including phenoxy) is 2. The number of hydrogen-bond donors (Lipinski definition) is 0. The van der Waals surface area contributed by atoms with Crippen LogP contribution in [0.1, 0.15) is 32.0 Å². The molecule has 1 fully saturated rings. The van der Waals surface area contributed by atoms with Crippen molar-refractivity contribution in [1.82, 2.24) is 9.97 Å². The van der Waals surface area contributed by atoms with Crippen LogP contribution in [0, 0.1) is 18.2 Å². The third-order valence-corrected chi connectivity index (χ3v) is 4.70. The molecule has 0 bridgehead atoms. The lowest BCUT2D eigenvalue weighted by Gasteiger charge is -2.38. The summed E-state index contributed by atoms with van der Waals surface area (Å²) < 4.78 is 25.2. The van der Waals surface area contributed by atoms with Gasteiger partial charge < -0.3 is 14.4 Å². The Kier molecular flexibility index (Phi) is 4.73. The average Bonchev–Trinajstić information content (AvgIpc) is 2.66. The van der Waals surface area contributed by atoms with Gasteiger partial charge in [-0.2, -0.15) is 0 Å². The van der Waals surface area contributed by atoms with Crippen LogP contribution in [0.25, 0.3) is 0 Å². The first-order valence-corrected chi connectivity index (χ1v) is 9.21. The van der Waals surface area contributed by atoms with Gasteiger partial charge in [-0.1, -0.05) is 5.92 Å². The summed E-state index contributed by atoms with van der Waals surface area (Å²) in [5.41, 5.74) is 2.75. The van der Waals surface area contributed by atoms with Crippen LogP contribution < -0.4 is 9.64 Å². The molecular formula is C21H21FN4O2. The third kappa shape index (κ3) is 3.20. The lowest BCUT2D eigenvalue weighted by molar-refractivity contribution is 0.0840. The molecule has 2 aromatic rings. The second-order valence-corrected chi connectivity index (χ2v) is 7.16. The summed E-state index contributed by atoms with van der Waals surface area (Å²) in [4.78, 5) is 15.3. The predicted molar refractivity (Wildman–Crippen MR) is 105 cm³/mol. The van der Waals surface area contributed by atoms with Crippen molar-refractivity contribution in [3.63, 3.8) is 0 Å². The van der Waals surface area contributed by atoms with E-state index in [4.69, 9.17) is 15.9 Å². The summed E-state index contributed by atoms with van der Waals surface area (Å²) in [5, 5.41) is 0. The highest BCUT2D eigenvalue weighted by Gasteiger charge is 2.30. The normalized spacial score (nSPS) is 20.9. The summed E-state index contributed by atoms with van der Waals surface area (Å²) in [6.07, 6.45) is 7.05. The quantitative estimate of drug-likeness (QED) is 0.651. The summed E-state index contributed by atoms with van der Waals surface area (Å²) in [5.74, 6) is 3.28. The molecule has 7 heteroatoms. The molecule has 6 nitrogen and oxygen atoms in total. The monoisotopic (exact) mass is 380 g/mol. The lowest BCUT2D eigenvalue weighted by atomic mass is 9.98. The number of aliphatic imine (C=N–C) groups is 1. The lowest BCUT2D eigenvalue weighted by Crippen LogP contribution is -2.51. The van der Waals surface area contributed by atoms with Crippen molar-refractivity contribution in [2.24, 2.45) is 4.99 Å². The van der Waals surface area contributed by atoms with Crippen LogP contribution in [0.15, 0.2) is 29.5 Å². The molecule has 3 heterocycles. The fraction of sp³-hybridized carbons (Fsp3) is 0.381. The van der Waals surface area contributed by atoms with E-state index in [9.17, 15) is 4.39 Å². The van der Waals surface area contributed by atoms with E-state index in [1.54, 1.807) is 6.07 Å². The fourth-order valence-electron chi connectivity index (χ4n) is 3.44. The van der Waals surface area contributed by atoms with Crippen molar-refractivity contribution in [3.8, 4) is 18.1 Å². The molecule has 1 saturated heterocycles. The van der Waals surface area contributed by atoms with E-state index in [0.29, 0.717) is 30.3 Å². The number of nitrogens with zero attached hydrogens (tertiary/aromatic N) is 4. The highest BCUT2D eigenvalue weighted by Crippen LogP contribution is 2.37. The van der Waals surface area contributed by atoms with Gasteiger partial charge in [0, 0.05) is 17.7 Å². The Morgan fingerprint density at radius 2 is 2.11 bits per heavy atom. The van der Waals surface area contributed by atoms with E-state index in [1.165, 1.54) is 12.4 Å². The summed E-state index contributed by atoms with van der Waals surface area (Å²) in [6.45, 7) is 6.79. The minimum atomic E-state index is -0.419. The van der Waals surface area contributed by atoms with E-state index in [2.05, 4.69) is 25.8 Å². The van der Waals surface area contributed by atoms with Crippen LogP contribution in [0.3, 0.4) is 0 Å². The molecule has 144 valence electrons. The number of halogens is 1.